The van der Waals surface area contributed by atoms with Crippen molar-refractivity contribution in [1.82, 2.24) is 9.55 Å². The van der Waals surface area contributed by atoms with Gasteiger partial charge in [0.2, 0.25) is 0 Å². The van der Waals surface area contributed by atoms with Crippen molar-refractivity contribution in [3.05, 3.63) is 58.4 Å². The van der Waals surface area contributed by atoms with Crippen LogP contribution in [0.5, 0.6) is 0 Å². The van der Waals surface area contributed by atoms with E-state index in [1.54, 1.807) is 32.0 Å². The van der Waals surface area contributed by atoms with Gasteiger partial charge in [0, 0.05) is 5.56 Å². The molecule has 0 spiro atoms. The first kappa shape index (κ1) is 29.2. The number of rotatable bonds is 9. The van der Waals surface area contributed by atoms with Crippen LogP contribution < -0.4 is 11.0 Å². The Morgan fingerprint density at radius 1 is 1.16 bits per heavy atom. The summed E-state index contributed by atoms with van der Waals surface area (Å²) in [5.41, 5.74) is -2.86. The molecule has 2 aromatic rings. The van der Waals surface area contributed by atoms with E-state index in [1.807, 2.05) is 0 Å². The normalized spacial score (nSPS) is 22.9. The first-order chi connectivity index (χ1) is 17.9. The average molecular weight is 556 g/mol. The van der Waals surface area contributed by atoms with Crippen LogP contribution in [-0.2, 0) is 23.8 Å². The summed E-state index contributed by atoms with van der Waals surface area (Å²) < 4.78 is 47.5. The highest BCUT2D eigenvalue weighted by Gasteiger charge is 2.60. The number of amides is 1. The second-order valence-corrected chi connectivity index (χ2v) is 9.64. The second-order valence-electron chi connectivity index (χ2n) is 9.37. The molecule has 0 radical (unpaired) electrons. The maximum absolute atomic E-state index is 15.8. The van der Waals surface area contributed by atoms with Crippen LogP contribution in [0.4, 0.5) is 14.6 Å². The number of esters is 2. The Bertz CT molecular complexity index is 1240. The molecule has 206 valence electrons. The van der Waals surface area contributed by atoms with Crippen LogP contribution in [0, 0.1) is 17.7 Å². The lowest BCUT2D eigenvalue weighted by atomic mass is 9.98. The summed E-state index contributed by atoms with van der Waals surface area (Å²) in [6, 6.07) is 7.83. The zero-order valence-corrected chi connectivity index (χ0v) is 21.9. The molecule has 13 heteroatoms. The maximum Gasteiger partial charge on any atom is 0.351 e. The van der Waals surface area contributed by atoms with E-state index in [-0.39, 0.29) is 5.56 Å². The van der Waals surface area contributed by atoms with E-state index in [4.69, 9.17) is 25.8 Å². The summed E-state index contributed by atoms with van der Waals surface area (Å²) in [6.07, 6.45) is -5.16. The summed E-state index contributed by atoms with van der Waals surface area (Å²) in [4.78, 5) is 53.1. The van der Waals surface area contributed by atoms with Gasteiger partial charge in [-0.1, -0.05) is 45.9 Å². The van der Waals surface area contributed by atoms with Gasteiger partial charge in [0.1, 0.15) is 6.61 Å². The molecule has 10 nitrogen and oxygen atoms in total. The van der Waals surface area contributed by atoms with Crippen LogP contribution in [-0.4, -0.2) is 57.8 Å². The highest BCUT2D eigenvalue weighted by molar-refractivity contribution is 6.18. The molecule has 1 N–H and O–H groups in total. The molecule has 0 saturated carbocycles. The van der Waals surface area contributed by atoms with Crippen molar-refractivity contribution in [2.45, 2.75) is 51.8 Å². The van der Waals surface area contributed by atoms with Crippen LogP contribution in [0.2, 0.25) is 0 Å². The van der Waals surface area contributed by atoms with Crippen LogP contribution in [0.1, 0.15) is 44.3 Å². The fourth-order valence-electron chi connectivity index (χ4n) is 3.56. The molecule has 1 aromatic heterocycles. The lowest BCUT2D eigenvalue weighted by Gasteiger charge is -2.32. The molecule has 0 bridgehead atoms. The van der Waals surface area contributed by atoms with Crippen molar-refractivity contribution in [2.24, 2.45) is 11.8 Å². The van der Waals surface area contributed by atoms with Gasteiger partial charge in [0.05, 0.1) is 23.9 Å². The summed E-state index contributed by atoms with van der Waals surface area (Å²) >= 11 is 6.12. The average Bonchev–Trinajstić information content (AvgIpc) is 3.16. The van der Waals surface area contributed by atoms with Crippen LogP contribution in [0.3, 0.4) is 0 Å². The minimum Gasteiger partial charge on any atom is -0.462 e. The van der Waals surface area contributed by atoms with Gasteiger partial charge in [-0.15, -0.1) is 11.6 Å². The number of hydrogen-bond donors (Lipinski definition) is 1. The fourth-order valence-corrected chi connectivity index (χ4v) is 3.85. The number of aromatic nitrogens is 2. The van der Waals surface area contributed by atoms with Gasteiger partial charge in [-0.2, -0.15) is 4.98 Å². The molecule has 1 amide bonds. The van der Waals surface area contributed by atoms with Crippen molar-refractivity contribution in [2.75, 3.05) is 17.8 Å². The Morgan fingerprint density at radius 2 is 1.79 bits per heavy atom. The van der Waals surface area contributed by atoms with Crippen molar-refractivity contribution in [3.8, 4) is 0 Å². The summed E-state index contributed by atoms with van der Waals surface area (Å²) in [5.74, 6) is -5.67. The van der Waals surface area contributed by atoms with E-state index in [1.165, 1.54) is 26.0 Å². The van der Waals surface area contributed by atoms with Crippen molar-refractivity contribution in [1.29, 1.82) is 0 Å². The van der Waals surface area contributed by atoms with Gasteiger partial charge in [0.25, 0.3) is 5.91 Å². The molecule has 0 unspecified atom stereocenters. The van der Waals surface area contributed by atoms with Crippen molar-refractivity contribution < 1.29 is 37.4 Å². The van der Waals surface area contributed by atoms with E-state index in [9.17, 15) is 23.6 Å². The zero-order chi connectivity index (χ0) is 28.2. The number of nitrogens with one attached hydrogen (secondary N) is 1. The molecule has 1 aromatic carbocycles. The SMILES string of the molecule is CC(C)C(=O)OC[C@@]1(CCl)O[C@@H](n2cc(F)c(NC(=O)c3ccccc3)nc2=O)[C@H](F)[C@@H]1OC(=O)C(C)C. The topological polar surface area (TPSA) is 126 Å². The smallest absolute Gasteiger partial charge is 0.351 e. The Labute approximate surface area is 222 Å². The maximum atomic E-state index is 15.8. The monoisotopic (exact) mass is 555 g/mol. The Kier molecular flexibility index (Phi) is 9.21. The zero-order valence-electron chi connectivity index (χ0n) is 21.2. The minimum atomic E-state index is -2.22. The number of benzene rings is 1. The van der Waals surface area contributed by atoms with Crippen LogP contribution in [0.15, 0.2) is 41.3 Å². The highest BCUT2D eigenvalue weighted by atomic mass is 35.5. The lowest BCUT2D eigenvalue weighted by molar-refractivity contribution is -0.177. The Morgan fingerprint density at radius 3 is 2.37 bits per heavy atom. The van der Waals surface area contributed by atoms with E-state index in [0.717, 1.165) is 0 Å². The quantitative estimate of drug-likeness (QED) is 0.369. The molecule has 38 heavy (non-hydrogen) atoms. The number of carbonyl (C=O) groups excluding carboxylic acids is 3. The number of ether oxygens (including phenoxy) is 3. The predicted octanol–water partition coefficient (Wildman–Crippen LogP) is 3.25. The van der Waals surface area contributed by atoms with E-state index < -0.39 is 83.6 Å². The number of nitrogens with zero attached hydrogens (tertiary/aromatic N) is 2. The Balaban J connectivity index is 1.94. The minimum absolute atomic E-state index is 0.193. The largest absolute Gasteiger partial charge is 0.462 e. The molecule has 1 aliphatic rings. The first-order valence-electron chi connectivity index (χ1n) is 11.8. The molecule has 1 fully saturated rings. The number of anilines is 1. The lowest BCUT2D eigenvalue weighted by Crippen LogP contribution is -2.51. The van der Waals surface area contributed by atoms with E-state index in [2.05, 4.69) is 10.3 Å². The van der Waals surface area contributed by atoms with E-state index in [0.29, 0.717) is 10.8 Å². The van der Waals surface area contributed by atoms with Crippen LogP contribution in [0.25, 0.3) is 0 Å². The third kappa shape index (κ3) is 6.18. The molecule has 4 atom stereocenters. The number of halogens is 3. The van der Waals surface area contributed by atoms with Gasteiger partial charge >= 0.3 is 17.6 Å². The highest BCUT2D eigenvalue weighted by Crippen LogP contribution is 2.42. The van der Waals surface area contributed by atoms with Gasteiger partial charge in [-0.3, -0.25) is 19.0 Å². The first-order valence-corrected chi connectivity index (χ1v) is 12.3. The molecule has 3 rings (SSSR count). The number of alkyl halides is 2. The summed E-state index contributed by atoms with van der Waals surface area (Å²) in [7, 11) is 0. The number of carbonyl (C=O) groups is 3. The van der Waals surface area contributed by atoms with Gasteiger partial charge in [0.15, 0.2) is 35.7 Å². The van der Waals surface area contributed by atoms with Gasteiger partial charge < -0.3 is 19.5 Å². The molecular weight excluding hydrogens is 528 g/mol. The fraction of sp³-hybridized carbons (Fsp3) is 0.480. The Hall–Kier alpha value is -3.38. The number of hydrogen-bond acceptors (Lipinski definition) is 8. The second kappa shape index (κ2) is 12.0. The molecule has 1 aliphatic heterocycles. The van der Waals surface area contributed by atoms with Crippen molar-refractivity contribution >= 4 is 35.3 Å². The summed E-state index contributed by atoms with van der Waals surface area (Å²) in [6.45, 7) is 5.60. The predicted molar refractivity (Wildman–Crippen MR) is 132 cm³/mol. The molecule has 0 aliphatic carbocycles. The van der Waals surface area contributed by atoms with Gasteiger partial charge in [-0.25, -0.2) is 13.6 Å². The molecular formula is C25H28ClF2N3O7. The van der Waals surface area contributed by atoms with Gasteiger partial charge in [-0.05, 0) is 12.1 Å². The third-order valence-electron chi connectivity index (χ3n) is 5.76. The third-order valence-corrected chi connectivity index (χ3v) is 6.21. The van der Waals surface area contributed by atoms with E-state index >= 15 is 4.39 Å². The standard InChI is InChI=1S/C25H28ClF2N3O7/c1-13(2)22(33)36-12-25(11-26)18(37-23(34)14(3)4)17(28)21(38-25)31-10-16(27)19(30-24(31)35)29-20(32)15-8-6-5-7-9-15/h5-10,13-14,17-18,21H,11-12H2,1-4H3,(H,29,30,32,35)/t17-,18+,21-,25-/m1/s1. The molecule has 2 heterocycles. The summed E-state index contributed by atoms with van der Waals surface area (Å²) in [5, 5.41) is 2.19. The van der Waals surface area contributed by atoms with Crippen molar-refractivity contribution in [3.63, 3.8) is 0 Å². The molecule has 1 saturated heterocycles. The van der Waals surface area contributed by atoms with Crippen LogP contribution >= 0.6 is 11.6 Å².